The van der Waals surface area contributed by atoms with Crippen LogP contribution in [0.5, 0.6) is 0 Å². The minimum Gasteiger partial charge on any atom is -0.250 e. The molecule has 3 nitrogen and oxygen atoms in total. The Morgan fingerprint density at radius 1 is 1.29 bits per heavy atom. The predicted octanol–water partition coefficient (Wildman–Crippen LogP) is 4.68. The van der Waals surface area contributed by atoms with Crippen LogP contribution in [0.25, 0.3) is 21.6 Å². The van der Waals surface area contributed by atoms with Gasteiger partial charge in [-0.1, -0.05) is 11.6 Å². The summed E-state index contributed by atoms with van der Waals surface area (Å²) >= 11 is 7.03. The Balaban J connectivity index is 2.37. The lowest BCUT2D eigenvalue weighted by atomic mass is 10.1. The third-order valence-electron chi connectivity index (χ3n) is 3.10. The maximum absolute atomic E-state index is 13.3. The molecule has 0 fully saturated rings. The number of aromatic nitrogens is 3. The monoisotopic (exact) mass is 331 g/mol. The Morgan fingerprint density at radius 2 is 2.00 bits per heavy atom. The van der Waals surface area contributed by atoms with Crippen molar-refractivity contribution < 1.29 is 13.2 Å². The van der Waals surface area contributed by atoms with Gasteiger partial charge >= 0.3 is 6.18 Å². The van der Waals surface area contributed by atoms with E-state index in [1.807, 2.05) is 0 Å². The summed E-state index contributed by atoms with van der Waals surface area (Å²) in [7, 11) is 1.58. The van der Waals surface area contributed by atoms with Gasteiger partial charge in [0.05, 0.1) is 31.6 Å². The van der Waals surface area contributed by atoms with Crippen molar-refractivity contribution in [3.8, 4) is 10.6 Å². The van der Waals surface area contributed by atoms with E-state index in [0.717, 1.165) is 6.07 Å². The summed E-state index contributed by atoms with van der Waals surface area (Å²) in [6, 6.07) is 4.35. The maximum Gasteiger partial charge on any atom is 0.417 e. The van der Waals surface area contributed by atoms with Gasteiger partial charge in [-0.3, -0.25) is 4.68 Å². The SMILES string of the molecule is Cc1nn(C)c2nc(-c3ccc(Cl)s3)cc(C(F)(F)F)c12. The molecule has 3 rings (SSSR count). The molecule has 0 bridgehead atoms. The van der Waals surface area contributed by atoms with Gasteiger partial charge in [0.25, 0.3) is 0 Å². The number of alkyl halides is 3. The van der Waals surface area contributed by atoms with E-state index in [4.69, 9.17) is 11.6 Å². The number of thiophene rings is 1. The first-order valence-corrected chi connectivity index (χ1v) is 7.14. The molecule has 0 aromatic carbocycles. The summed E-state index contributed by atoms with van der Waals surface area (Å²) in [5.74, 6) is 0. The molecular weight excluding hydrogens is 323 g/mol. The molecule has 0 N–H and O–H groups in total. The Morgan fingerprint density at radius 3 is 2.57 bits per heavy atom. The first-order valence-electron chi connectivity index (χ1n) is 5.94. The molecule has 0 saturated carbocycles. The third-order valence-corrected chi connectivity index (χ3v) is 4.35. The number of rotatable bonds is 1. The quantitative estimate of drug-likeness (QED) is 0.648. The highest BCUT2D eigenvalue weighted by Crippen LogP contribution is 2.39. The van der Waals surface area contributed by atoms with Crippen molar-refractivity contribution in [1.29, 1.82) is 0 Å². The number of aryl methyl sites for hydroxylation is 2. The summed E-state index contributed by atoms with van der Waals surface area (Å²) in [5, 5.41) is 4.07. The molecule has 3 heterocycles. The standard InChI is InChI=1S/C13H9ClF3N3S/c1-6-11-7(13(15,16)17)5-8(9-3-4-10(14)21-9)18-12(11)20(2)19-6/h3-5H,1-2H3. The van der Waals surface area contributed by atoms with E-state index >= 15 is 0 Å². The van der Waals surface area contributed by atoms with E-state index < -0.39 is 11.7 Å². The molecule has 0 radical (unpaired) electrons. The van der Waals surface area contributed by atoms with Gasteiger partial charge in [-0.2, -0.15) is 18.3 Å². The van der Waals surface area contributed by atoms with Crippen molar-refractivity contribution in [2.24, 2.45) is 7.05 Å². The van der Waals surface area contributed by atoms with E-state index in [1.165, 1.54) is 16.0 Å². The summed E-state index contributed by atoms with van der Waals surface area (Å²) in [4.78, 5) is 4.89. The van der Waals surface area contributed by atoms with Gasteiger partial charge in [0.2, 0.25) is 0 Å². The summed E-state index contributed by atoms with van der Waals surface area (Å²) in [6.45, 7) is 1.54. The Kier molecular flexibility index (Phi) is 3.22. The van der Waals surface area contributed by atoms with E-state index in [0.29, 0.717) is 14.9 Å². The van der Waals surface area contributed by atoms with Gasteiger partial charge in [0, 0.05) is 7.05 Å². The van der Waals surface area contributed by atoms with Gasteiger partial charge < -0.3 is 0 Å². The molecule has 21 heavy (non-hydrogen) atoms. The molecule has 0 aliphatic carbocycles. The predicted molar refractivity (Wildman–Crippen MR) is 76.6 cm³/mol. The first kappa shape index (κ1) is 14.3. The van der Waals surface area contributed by atoms with Crippen molar-refractivity contribution in [3.05, 3.63) is 33.8 Å². The lowest BCUT2D eigenvalue weighted by Crippen LogP contribution is -2.07. The molecule has 3 aromatic rings. The topological polar surface area (TPSA) is 30.7 Å². The Hall–Kier alpha value is -1.60. The lowest BCUT2D eigenvalue weighted by molar-refractivity contribution is -0.136. The maximum atomic E-state index is 13.3. The molecule has 0 atom stereocenters. The first-order chi connectivity index (χ1) is 9.77. The normalized spacial score (nSPS) is 12.3. The van der Waals surface area contributed by atoms with Crippen LogP contribution in [-0.4, -0.2) is 14.8 Å². The summed E-state index contributed by atoms with van der Waals surface area (Å²) in [6.07, 6.45) is -4.47. The van der Waals surface area contributed by atoms with Crippen molar-refractivity contribution >= 4 is 34.0 Å². The largest absolute Gasteiger partial charge is 0.417 e. The van der Waals surface area contributed by atoms with Crippen molar-refractivity contribution in [2.75, 3.05) is 0 Å². The molecule has 110 valence electrons. The second-order valence-corrected chi connectivity index (χ2v) is 6.28. The molecular formula is C13H9ClF3N3S. The van der Waals surface area contributed by atoms with Crippen LogP contribution in [0.4, 0.5) is 13.2 Å². The molecule has 0 aliphatic heterocycles. The summed E-state index contributed by atoms with van der Waals surface area (Å²) in [5.41, 5.74) is 0.0391. The molecule has 0 spiro atoms. The van der Waals surface area contributed by atoms with Crippen LogP contribution in [0, 0.1) is 6.92 Å². The van der Waals surface area contributed by atoms with Crippen molar-refractivity contribution in [3.63, 3.8) is 0 Å². The molecule has 0 amide bonds. The number of hydrogen-bond donors (Lipinski definition) is 0. The molecule has 0 saturated heterocycles. The van der Waals surface area contributed by atoms with Crippen molar-refractivity contribution in [2.45, 2.75) is 13.1 Å². The lowest BCUT2D eigenvalue weighted by Gasteiger charge is -2.10. The smallest absolute Gasteiger partial charge is 0.250 e. The van der Waals surface area contributed by atoms with E-state index in [-0.39, 0.29) is 16.7 Å². The molecule has 3 aromatic heterocycles. The van der Waals surface area contributed by atoms with E-state index in [9.17, 15) is 13.2 Å². The fourth-order valence-corrected chi connectivity index (χ4v) is 3.25. The van der Waals surface area contributed by atoms with Gasteiger partial charge in [0.1, 0.15) is 0 Å². The fraction of sp³-hybridized carbons (Fsp3) is 0.231. The van der Waals surface area contributed by atoms with Crippen LogP contribution >= 0.6 is 22.9 Å². The van der Waals surface area contributed by atoms with Crippen LogP contribution in [0.2, 0.25) is 4.34 Å². The highest BCUT2D eigenvalue weighted by molar-refractivity contribution is 7.19. The van der Waals surface area contributed by atoms with E-state index in [1.54, 1.807) is 26.1 Å². The van der Waals surface area contributed by atoms with Gasteiger partial charge in [-0.15, -0.1) is 11.3 Å². The zero-order valence-corrected chi connectivity index (χ0v) is 12.6. The van der Waals surface area contributed by atoms with Crippen LogP contribution in [0.15, 0.2) is 18.2 Å². The Labute approximate surface area is 127 Å². The van der Waals surface area contributed by atoms with Crippen LogP contribution < -0.4 is 0 Å². The second-order valence-electron chi connectivity index (χ2n) is 4.56. The second kappa shape index (κ2) is 4.71. The highest BCUT2D eigenvalue weighted by Gasteiger charge is 2.35. The summed E-state index contributed by atoms with van der Waals surface area (Å²) < 4.78 is 41.8. The fourth-order valence-electron chi connectivity index (χ4n) is 2.25. The number of pyridine rings is 1. The average Bonchev–Trinajstić information content (AvgIpc) is 2.93. The zero-order valence-electron chi connectivity index (χ0n) is 11.0. The number of hydrogen-bond acceptors (Lipinski definition) is 3. The molecule has 0 unspecified atom stereocenters. The van der Waals surface area contributed by atoms with Gasteiger partial charge in [-0.25, -0.2) is 4.98 Å². The van der Waals surface area contributed by atoms with Crippen LogP contribution in [0.1, 0.15) is 11.3 Å². The average molecular weight is 332 g/mol. The minimum atomic E-state index is -4.47. The number of fused-ring (bicyclic) bond motifs is 1. The van der Waals surface area contributed by atoms with Crippen LogP contribution in [0.3, 0.4) is 0 Å². The minimum absolute atomic E-state index is 0.0383. The van der Waals surface area contributed by atoms with Crippen molar-refractivity contribution in [1.82, 2.24) is 14.8 Å². The zero-order chi connectivity index (χ0) is 15.4. The van der Waals surface area contributed by atoms with E-state index in [2.05, 4.69) is 10.1 Å². The number of nitrogens with zero attached hydrogens (tertiary/aromatic N) is 3. The van der Waals surface area contributed by atoms with Crippen LogP contribution in [-0.2, 0) is 13.2 Å². The number of halogens is 4. The third kappa shape index (κ3) is 2.40. The molecule has 8 heteroatoms. The molecule has 0 aliphatic rings. The van der Waals surface area contributed by atoms with Gasteiger partial charge in [-0.05, 0) is 25.1 Å². The highest BCUT2D eigenvalue weighted by atomic mass is 35.5. The Bertz CT molecular complexity index is 835. The van der Waals surface area contributed by atoms with Gasteiger partial charge in [0.15, 0.2) is 5.65 Å².